The highest BCUT2D eigenvalue weighted by Gasteiger charge is 2.33. The molecule has 0 heterocycles. The molecule has 0 saturated heterocycles. The monoisotopic (exact) mass is 285 g/mol. The van der Waals surface area contributed by atoms with E-state index in [0.717, 1.165) is 12.8 Å². The summed E-state index contributed by atoms with van der Waals surface area (Å²) < 4.78 is 38.8. The Labute approximate surface area is 118 Å². The van der Waals surface area contributed by atoms with Crippen molar-refractivity contribution in [3.8, 4) is 0 Å². The molecule has 4 heteroatoms. The number of aryl methyl sites for hydroxylation is 1. The van der Waals surface area contributed by atoms with Gasteiger partial charge in [0.2, 0.25) is 0 Å². The van der Waals surface area contributed by atoms with Crippen LogP contribution in [0.15, 0.2) is 18.2 Å². The van der Waals surface area contributed by atoms with Gasteiger partial charge < -0.3 is 5.32 Å². The second-order valence-corrected chi connectivity index (χ2v) is 6.05. The predicted molar refractivity (Wildman–Crippen MR) is 75.8 cm³/mol. The van der Waals surface area contributed by atoms with E-state index in [4.69, 9.17) is 0 Å². The fourth-order valence-corrected chi connectivity index (χ4v) is 3.02. The molecular formula is C16H22F3N. The number of rotatable bonds is 2. The zero-order valence-corrected chi connectivity index (χ0v) is 12.2. The minimum Gasteiger partial charge on any atom is -0.382 e. The molecule has 0 amide bonds. The summed E-state index contributed by atoms with van der Waals surface area (Å²) in [6.45, 7) is 5.90. The number of nitrogens with one attached hydrogen (secondary N) is 1. The van der Waals surface area contributed by atoms with Crippen molar-refractivity contribution >= 4 is 5.69 Å². The van der Waals surface area contributed by atoms with E-state index in [-0.39, 0.29) is 11.6 Å². The van der Waals surface area contributed by atoms with Gasteiger partial charge in [-0.2, -0.15) is 13.2 Å². The van der Waals surface area contributed by atoms with Crippen LogP contribution in [0.3, 0.4) is 0 Å². The van der Waals surface area contributed by atoms with Gasteiger partial charge in [-0.3, -0.25) is 0 Å². The lowest BCUT2D eigenvalue weighted by Crippen LogP contribution is -2.35. The molecule has 3 atom stereocenters. The Morgan fingerprint density at radius 2 is 1.85 bits per heavy atom. The largest absolute Gasteiger partial charge is 0.416 e. The molecule has 1 aliphatic carbocycles. The minimum atomic E-state index is -4.28. The van der Waals surface area contributed by atoms with Crippen molar-refractivity contribution in [2.75, 3.05) is 5.32 Å². The Hall–Kier alpha value is -1.19. The van der Waals surface area contributed by atoms with Crippen LogP contribution >= 0.6 is 0 Å². The molecule has 112 valence electrons. The Balaban J connectivity index is 2.18. The molecule has 0 aliphatic heterocycles. The topological polar surface area (TPSA) is 12.0 Å². The molecule has 0 spiro atoms. The average molecular weight is 285 g/mol. The lowest BCUT2D eigenvalue weighted by atomic mass is 9.78. The van der Waals surface area contributed by atoms with Crippen LogP contribution in [0.25, 0.3) is 0 Å². The van der Waals surface area contributed by atoms with Gasteiger partial charge in [-0.15, -0.1) is 0 Å². The van der Waals surface area contributed by atoms with Crippen molar-refractivity contribution in [3.05, 3.63) is 29.3 Å². The first-order chi connectivity index (χ1) is 9.29. The van der Waals surface area contributed by atoms with Crippen LogP contribution in [-0.4, -0.2) is 6.04 Å². The molecule has 1 N–H and O–H groups in total. The summed E-state index contributed by atoms with van der Waals surface area (Å²) in [5, 5.41) is 3.30. The number of alkyl halides is 3. The van der Waals surface area contributed by atoms with Gasteiger partial charge in [0, 0.05) is 11.7 Å². The van der Waals surface area contributed by atoms with E-state index in [1.165, 1.54) is 19.4 Å². The summed E-state index contributed by atoms with van der Waals surface area (Å²) >= 11 is 0. The van der Waals surface area contributed by atoms with Gasteiger partial charge in [-0.1, -0.05) is 32.8 Å². The van der Waals surface area contributed by atoms with Gasteiger partial charge in [0.1, 0.15) is 0 Å². The maximum Gasteiger partial charge on any atom is 0.416 e. The molecule has 3 unspecified atom stereocenters. The van der Waals surface area contributed by atoms with Gasteiger partial charge in [-0.25, -0.2) is 0 Å². The second kappa shape index (κ2) is 5.66. The molecule has 20 heavy (non-hydrogen) atoms. The number of halogens is 3. The van der Waals surface area contributed by atoms with Crippen molar-refractivity contribution in [1.82, 2.24) is 0 Å². The Morgan fingerprint density at radius 1 is 1.15 bits per heavy atom. The zero-order chi connectivity index (χ0) is 14.9. The molecule has 1 fully saturated rings. The van der Waals surface area contributed by atoms with Crippen molar-refractivity contribution in [1.29, 1.82) is 0 Å². The normalized spacial score (nSPS) is 27.4. The van der Waals surface area contributed by atoms with E-state index >= 15 is 0 Å². The molecule has 1 aromatic carbocycles. The first-order valence-electron chi connectivity index (χ1n) is 7.23. The Bertz CT molecular complexity index is 467. The van der Waals surface area contributed by atoms with Crippen LogP contribution in [0.1, 0.15) is 44.2 Å². The van der Waals surface area contributed by atoms with Crippen LogP contribution in [0, 0.1) is 18.8 Å². The highest BCUT2D eigenvalue weighted by Crippen LogP contribution is 2.35. The van der Waals surface area contributed by atoms with Gasteiger partial charge in [0.05, 0.1) is 5.56 Å². The van der Waals surface area contributed by atoms with E-state index in [1.54, 1.807) is 12.1 Å². The summed E-state index contributed by atoms with van der Waals surface area (Å²) in [5.74, 6) is 1.10. The molecule has 0 aromatic heterocycles. The first-order valence-corrected chi connectivity index (χ1v) is 7.23. The smallest absolute Gasteiger partial charge is 0.382 e. The summed E-state index contributed by atoms with van der Waals surface area (Å²) in [7, 11) is 0. The molecule has 2 rings (SSSR count). The van der Waals surface area contributed by atoms with E-state index in [1.807, 2.05) is 0 Å². The summed E-state index contributed by atoms with van der Waals surface area (Å²) in [6, 6.07) is 4.79. The molecule has 1 nitrogen and oxygen atoms in total. The van der Waals surface area contributed by atoms with E-state index in [0.29, 0.717) is 17.5 Å². The van der Waals surface area contributed by atoms with Crippen LogP contribution in [0.2, 0.25) is 0 Å². The quantitative estimate of drug-likeness (QED) is 0.782. The maximum absolute atomic E-state index is 12.9. The van der Waals surface area contributed by atoms with Crippen LogP contribution < -0.4 is 5.32 Å². The summed E-state index contributed by atoms with van der Waals surface area (Å²) in [6.07, 6.45) is -0.907. The van der Waals surface area contributed by atoms with Crippen molar-refractivity contribution in [2.45, 2.75) is 52.3 Å². The number of benzene rings is 1. The van der Waals surface area contributed by atoms with Crippen LogP contribution in [0.4, 0.5) is 18.9 Å². The van der Waals surface area contributed by atoms with Gasteiger partial charge in [0.15, 0.2) is 0 Å². The third kappa shape index (κ3) is 3.28. The fraction of sp³-hybridized carbons (Fsp3) is 0.625. The van der Waals surface area contributed by atoms with Gasteiger partial charge in [-0.05, 0) is 42.9 Å². The van der Waals surface area contributed by atoms with E-state index in [9.17, 15) is 13.2 Å². The Kier molecular flexibility index (Phi) is 4.31. The third-order valence-corrected chi connectivity index (χ3v) is 4.60. The minimum absolute atomic E-state index is 0.266. The second-order valence-electron chi connectivity index (χ2n) is 6.05. The van der Waals surface area contributed by atoms with Gasteiger partial charge in [0.25, 0.3) is 0 Å². The standard InChI is InChI=1S/C16H22F3N/c1-10-5-4-6-15(12(10)3)20-13-8-7-11(2)14(9-13)16(17,18)19/h7-10,12,15,20H,4-6H2,1-3H3. The zero-order valence-electron chi connectivity index (χ0n) is 12.2. The highest BCUT2D eigenvalue weighted by molar-refractivity contribution is 5.50. The SMILES string of the molecule is Cc1ccc(NC2CCCC(C)C2C)cc1C(F)(F)F. The van der Waals surface area contributed by atoms with Crippen molar-refractivity contribution in [2.24, 2.45) is 11.8 Å². The van der Waals surface area contributed by atoms with Crippen LogP contribution in [-0.2, 0) is 6.18 Å². The van der Waals surface area contributed by atoms with E-state index in [2.05, 4.69) is 19.2 Å². The molecule has 1 aliphatic rings. The predicted octanol–water partition coefficient (Wildman–Crippen LogP) is 5.25. The van der Waals surface area contributed by atoms with Crippen molar-refractivity contribution in [3.63, 3.8) is 0 Å². The lowest BCUT2D eigenvalue weighted by Gasteiger charge is -2.35. The van der Waals surface area contributed by atoms with E-state index < -0.39 is 11.7 Å². The van der Waals surface area contributed by atoms with Crippen LogP contribution in [0.5, 0.6) is 0 Å². The molecule has 1 aromatic rings. The summed E-state index contributed by atoms with van der Waals surface area (Å²) in [4.78, 5) is 0. The molecular weight excluding hydrogens is 263 g/mol. The summed E-state index contributed by atoms with van der Waals surface area (Å²) in [5.41, 5.74) is 0.306. The first kappa shape index (κ1) is 15.2. The molecule has 0 radical (unpaired) electrons. The third-order valence-electron chi connectivity index (χ3n) is 4.60. The number of anilines is 1. The maximum atomic E-state index is 12.9. The Morgan fingerprint density at radius 3 is 2.50 bits per heavy atom. The van der Waals surface area contributed by atoms with Gasteiger partial charge >= 0.3 is 6.18 Å². The highest BCUT2D eigenvalue weighted by atomic mass is 19.4. The molecule has 0 bridgehead atoms. The molecule has 1 saturated carbocycles. The number of hydrogen-bond donors (Lipinski definition) is 1. The lowest BCUT2D eigenvalue weighted by molar-refractivity contribution is -0.138. The number of hydrogen-bond acceptors (Lipinski definition) is 1. The van der Waals surface area contributed by atoms with Crippen molar-refractivity contribution < 1.29 is 13.2 Å². The average Bonchev–Trinajstić information content (AvgIpc) is 2.36. The fourth-order valence-electron chi connectivity index (χ4n) is 3.02.